The molecule has 0 aromatic heterocycles. The lowest BCUT2D eigenvalue weighted by Crippen LogP contribution is -2.06. The number of aryl methyl sites for hydroxylation is 2. The molecule has 12 nitrogen and oxygen atoms in total. The van der Waals surface area contributed by atoms with Crippen molar-refractivity contribution >= 4 is 42.6 Å². The van der Waals surface area contributed by atoms with Gasteiger partial charge in [-0.05, 0) is 96.8 Å². The van der Waals surface area contributed by atoms with Crippen molar-refractivity contribution < 1.29 is 47.2 Å². The minimum absolute atomic E-state index is 0.0452. The maximum atomic E-state index is 13.0. The number of rotatable bonds is 16. The summed E-state index contributed by atoms with van der Waals surface area (Å²) in [5, 5.41) is 5.31. The van der Waals surface area contributed by atoms with E-state index in [-0.39, 0.29) is 59.2 Å². The van der Waals surface area contributed by atoms with Crippen LogP contribution in [0.3, 0.4) is 0 Å². The van der Waals surface area contributed by atoms with Crippen LogP contribution in [0.4, 0.5) is 11.4 Å². The fourth-order valence-corrected chi connectivity index (χ4v) is 5.68. The van der Waals surface area contributed by atoms with Crippen molar-refractivity contribution in [3.63, 3.8) is 0 Å². The SMILES string of the molecule is COc1cc(CCC(=O)c2ccc(NC(C)=O)cc2)ccc1OP(=O)(O)Oc1ccc(CCC(=O)c2ccc(NC(C)=O)cc2)cc1OC. The normalized spacial score (nSPS) is 10.9. The third kappa shape index (κ3) is 10.8. The van der Waals surface area contributed by atoms with Gasteiger partial charge >= 0.3 is 7.82 Å². The Morgan fingerprint density at radius 2 is 0.959 bits per heavy atom. The highest BCUT2D eigenvalue weighted by atomic mass is 31.2. The number of ether oxygens (including phenoxy) is 2. The van der Waals surface area contributed by atoms with Gasteiger partial charge in [0.1, 0.15) is 0 Å². The summed E-state index contributed by atoms with van der Waals surface area (Å²) in [5.41, 5.74) is 3.67. The molecule has 3 N–H and O–H groups in total. The average molecular weight is 689 g/mol. The molecule has 13 heteroatoms. The molecule has 256 valence electrons. The van der Waals surface area contributed by atoms with E-state index in [4.69, 9.17) is 18.5 Å². The molecule has 2 amide bonds. The fraction of sp³-hybridized carbons (Fsp3) is 0.222. The molecule has 0 unspecified atom stereocenters. The first-order valence-electron chi connectivity index (χ1n) is 15.2. The molecule has 0 saturated heterocycles. The predicted octanol–water partition coefficient (Wildman–Crippen LogP) is 6.81. The number of hydrogen-bond donors (Lipinski definition) is 3. The lowest BCUT2D eigenvalue weighted by molar-refractivity contribution is -0.115. The van der Waals surface area contributed by atoms with Crippen molar-refractivity contribution in [2.24, 2.45) is 0 Å². The molecule has 0 bridgehead atoms. The van der Waals surface area contributed by atoms with Gasteiger partial charge < -0.3 is 29.2 Å². The smallest absolute Gasteiger partial charge is 0.493 e. The quantitative estimate of drug-likeness (QED) is 0.0841. The first kappa shape index (κ1) is 36.4. The van der Waals surface area contributed by atoms with Gasteiger partial charge in [0.05, 0.1) is 14.2 Å². The van der Waals surface area contributed by atoms with Gasteiger partial charge in [-0.1, -0.05) is 12.1 Å². The number of carbonyl (C=O) groups is 4. The molecule has 0 aliphatic heterocycles. The van der Waals surface area contributed by atoms with E-state index in [1.165, 1.54) is 40.2 Å². The van der Waals surface area contributed by atoms with Crippen LogP contribution >= 0.6 is 7.82 Å². The first-order valence-corrected chi connectivity index (χ1v) is 16.7. The number of methoxy groups -OCH3 is 2. The van der Waals surface area contributed by atoms with E-state index < -0.39 is 7.82 Å². The van der Waals surface area contributed by atoms with E-state index >= 15 is 0 Å². The van der Waals surface area contributed by atoms with Crippen LogP contribution in [0.5, 0.6) is 23.0 Å². The van der Waals surface area contributed by atoms with Crippen LogP contribution in [-0.4, -0.2) is 42.5 Å². The van der Waals surface area contributed by atoms with E-state index in [1.807, 2.05) is 0 Å². The highest BCUT2D eigenvalue weighted by molar-refractivity contribution is 7.48. The molecule has 0 aliphatic rings. The van der Waals surface area contributed by atoms with Crippen LogP contribution in [-0.2, 0) is 27.0 Å². The average Bonchev–Trinajstić information content (AvgIpc) is 3.06. The fourth-order valence-electron chi connectivity index (χ4n) is 4.84. The number of amides is 2. The maximum absolute atomic E-state index is 13.0. The Labute approximate surface area is 284 Å². The molecule has 4 aromatic rings. The van der Waals surface area contributed by atoms with Crippen LogP contribution in [0.15, 0.2) is 84.9 Å². The Balaban J connectivity index is 1.35. The van der Waals surface area contributed by atoms with Gasteiger partial charge in [0.25, 0.3) is 0 Å². The largest absolute Gasteiger partial charge is 0.585 e. The van der Waals surface area contributed by atoms with E-state index in [0.717, 1.165) is 11.1 Å². The number of Topliss-reactive ketones (excluding diaryl/α,β-unsaturated/α-hetero) is 2. The molecule has 4 aromatic carbocycles. The maximum Gasteiger partial charge on any atom is 0.585 e. The molecule has 49 heavy (non-hydrogen) atoms. The highest BCUT2D eigenvalue weighted by Crippen LogP contribution is 2.49. The number of nitrogens with one attached hydrogen (secondary N) is 2. The molecule has 0 fully saturated rings. The van der Waals surface area contributed by atoms with Crippen molar-refractivity contribution in [1.82, 2.24) is 0 Å². The number of anilines is 2. The van der Waals surface area contributed by atoms with Crippen LogP contribution < -0.4 is 29.2 Å². The zero-order chi connectivity index (χ0) is 35.6. The Bertz CT molecular complexity index is 1740. The van der Waals surface area contributed by atoms with Gasteiger partial charge in [-0.3, -0.25) is 24.1 Å². The molecule has 0 radical (unpaired) electrons. The third-order valence-electron chi connectivity index (χ3n) is 7.22. The number of ketones is 2. The van der Waals surface area contributed by atoms with E-state index in [1.54, 1.807) is 72.8 Å². The second-order valence-corrected chi connectivity index (χ2v) is 12.3. The molecule has 0 aliphatic carbocycles. The molecule has 0 heterocycles. The van der Waals surface area contributed by atoms with Crippen molar-refractivity contribution in [3.8, 4) is 23.0 Å². The van der Waals surface area contributed by atoms with Crippen LogP contribution in [0, 0.1) is 0 Å². The van der Waals surface area contributed by atoms with Gasteiger partial charge in [-0.25, -0.2) is 4.57 Å². The predicted molar refractivity (Wildman–Crippen MR) is 184 cm³/mol. The minimum Gasteiger partial charge on any atom is -0.493 e. The standard InChI is InChI=1S/C36H37N2O10P/c1-23(39)37-29-13-9-27(10-14-29)31(41)17-5-25-7-19-33(35(21-25)45-3)47-49(43,44)48-34-20-8-26(22-36(34)46-4)6-18-32(42)28-11-15-30(16-12-28)38-24(2)40/h7-16,19-22H,5-6,17-18H2,1-4H3,(H,37,39)(H,38,40)(H,43,44). The number of phosphoric acid groups is 1. The van der Waals surface area contributed by atoms with Crippen molar-refractivity contribution in [2.75, 3.05) is 24.9 Å². The van der Waals surface area contributed by atoms with Gasteiger partial charge in [0, 0.05) is 49.2 Å². The number of hydrogen-bond acceptors (Lipinski definition) is 9. The second kappa shape index (κ2) is 16.6. The molecule has 0 spiro atoms. The van der Waals surface area contributed by atoms with Gasteiger partial charge in [-0.15, -0.1) is 0 Å². The Kier molecular flexibility index (Phi) is 12.3. The highest BCUT2D eigenvalue weighted by Gasteiger charge is 2.29. The summed E-state index contributed by atoms with van der Waals surface area (Å²) >= 11 is 0. The number of phosphoric ester groups is 1. The van der Waals surface area contributed by atoms with E-state index in [2.05, 4.69) is 10.6 Å². The monoisotopic (exact) mass is 688 g/mol. The van der Waals surface area contributed by atoms with Crippen LogP contribution in [0.1, 0.15) is 58.5 Å². The zero-order valence-electron chi connectivity index (χ0n) is 27.5. The summed E-state index contributed by atoms with van der Waals surface area (Å²) in [7, 11) is -1.98. The molecule has 0 saturated carbocycles. The summed E-state index contributed by atoms with van der Waals surface area (Å²) < 4.78 is 34.5. The zero-order valence-corrected chi connectivity index (χ0v) is 28.4. The van der Waals surface area contributed by atoms with E-state index in [0.29, 0.717) is 35.3 Å². The molecular weight excluding hydrogens is 651 g/mol. The van der Waals surface area contributed by atoms with Gasteiger partial charge in [0.15, 0.2) is 34.6 Å². The lowest BCUT2D eigenvalue weighted by atomic mass is 10.0. The molecule has 0 atom stereocenters. The van der Waals surface area contributed by atoms with Gasteiger partial charge in [0.2, 0.25) is 11.8 Å². The Hall–Kier alpha value is -5.45. The summed E-state index contributed by atoms with van der Waals surface area (Å²) in [4.78, 5) is 58.4. The number of carbonyl (C=O) groups excluding carboxylic acids is 4. The summed E-state index contributed by atoms with van der Waals surface area (Å²) in [6, 6.07) is 22.6. The van der Waals surface area contributed by atoms with Crippen molar-refractivity contribution in [2.45, 2.75) is 39.5 Å². The third-order valence-corrected chi connectivity index (χ3v) is 8.07. The topological polar surface area (TPSA) is 167 Å². The Morgan fingerprint density at radius 1 is 0.592 bits per heavy atom. The molecule has 4 rings (SSSR count). The molecular formula is C36H37N2O10P. The lowest BCUT2D eigenvalue weighted by Gasteiger charge is -2.18. The Morgan fingerprint density at radius 3 is 1.29 bits per heavy atom. The van der Waals surface area contributed by atoms with Crippen molar-refractivity contribution in [3.05, 3.63) is 107 Å². The van der Waals surface area contributed by atoms with Crippen molar-refractivity contribution in [1.29, 1.82) is 0 Å². The summed E-state index contributed by atoms with van der Waals surface area (Å²) in [5.74, 6) is -0.353. The number of benzene rings is 4. The van der Waals surface area contributed by atoms with Gasteiger partial charge in [-0.2, -0.15) is 0 Å². The second-order valence-electron chi connectivity index (χ2n) is 11.0. The van der Waals surface area contributed by atoms with Crippen LogP contribution in [0.2, 0.25) is 0 Å². The summed E-state index contributed by atoms with van der Waals surface area (Å²) in [6.45, 7) is 2.81. The first-order chi connectivity index (χ1) is 23.3. The summed E-state index contributed by atoms with van der Waals surface area (Å²) in [6.07, 6.45) is 1.13. The van der Waals surface area contributed by atoms with Crippen LogP contribution in [0.25, 0.3) is 0 Å². The van der Waals surface area contributed by atoms with E-state index in [9.17, 15) is 28.6 Å². The minimum atomic E-state index is -4.74.